The van der Waals surface area contributed by atoms with Crippen LogP contribution in [-0.2, 0) is 11.3 Å². The lowest BCUT2D eigenvalue weighted by Gasteiger charge is -2.61. The molecule has 7 rings (SSSR count). The van der Waals surface area contributed by atoms with E-state index >= 15 is 0 Å². The number of benzene rings is 1. The quantitative estimate of drug-likeness (QED) is 0.565. The molecule has 2 N–H and O–H groups in total. The summed E-state index contributed by atoms with van der Waals surface area (Å²) in [6.45, 7) is 3.74. The predicted molar refractivity (Wildman–Crippen MR) is 128 cm³/mol. The maximum absolute atomic E-state index is 13.5. The minimum atomic E-state index is -0.547. The Hall–Kier alpha value is -3.30. The number of rotatable bonds is 6. The van der Waals surface area contributed by atoms with Gasteiger partial charge in [-0.1, -0.05) is 12.1 Å². The smallest absolute Gasteiger partial charge is 0.268 e. The van der Waals surface area contributed by atoms with Gasteiger partial charge in [-0.2, -0.15) is 0 Å². The third kappa shape index (κ3) is 3.88. The fraction of sp³-hybridized carbons (Fsp3) is 0.423. The normalized spacial score (nSPS) is 23.5. The number of aromatic nitrogens is 2. The van der Waals surface area contributed by atoms with Gasteiger partial charge < -0.3 is 15.2 Å². The fourth-order valence-electron chi connectivity index (χ4n) is 5.53. The number of fused-ring (bicyclic) bond motifs is 1. The number of hydrogen-bond acceptors (Lipinski definition) is 6. The monoisotopic (exact) mass is 478 g/mol. The summed E-state index contributed by atoms with van der Waals surface area (Å²) >= 11 is 0. The number of aromatic hydroxyl groups is 1. The predicted octanol–water partition coefficient (Wildman–Crippen LogP) is 2.52. The van der Waals surface area contributed by atoms with E-state index in [4.69, 9.17) is 4.74 Å². The average molecular weight is 479 g/mol. The van der Waals surface area contributed by atoms with Crippen LogP contribution >= 0.6 is 0 Å². The molecule has 0 spiro atoms. The van der Waals surface area contributed by atoms with E-state index in [2.05, 4.69) is 15.2 Å². The number of hydrogen-bond donors (Lipinski definition) is 2. The lowest BCUT2D eigenvalue weighted by Crippen LogP contribution is -2.68. The molecule has 2 bridgehead atoms. The van der Waals surface area contributed by atoms with E-state index in [0.29, 0.717) is 54.4 Å². The zero-order valence-corrected chi connectivity index (χ0v) is 19.3. The Balaban J connectivity index is 1.43. The van der Waals surface area contributed by atoms with Gasteiger partial charge in [-0.3, -0.25) is 19.1 Å². The van der Waals surface area contributed by atoms with Gasteiger partial charge in [-0.15, -0.1) is 0 Å². The Morgan fingerprint density at radius 1 is 1.14 bits per heavy atom. The molecule has 1 aliphatic heterocycles. The van der Waals surface area contributed by atoms with Crippen molar-refractivity contribution in [2.45, 2.75) is 31.3 Å². The summed E-state index contributed by atoms with van der Waals surface area (Å²) in [5.74, 6) is -0.601. The van der Waals surface area contributed by atoms with Crippen LogP contribution in [0.3, 0.4) is 0 Å². The van der Waals surface area contributed by atoms with Gasteiger partial charge in [0.1, 0.15) is 22.8 Å². The second-order valence-corrected chi connectivity index (χ2v) is 9.95. The summed E-state index contributed by atoms with van der Waals surface area (Å²) in [7, 11) is 0. The molecule has 8 nitrogen and oxygen atoms in total. The first-order chi connectivity index (χ1) is 16.9. The van der Waals surface area contributed by atoms with Crippen molar-refractivity contribution in [3.63, 3.8) is 0 Å². The number of nitrogens with one attached hydrogen (secondary N) is 1. The van der Waals surface area contributed by atoms with Gasteiger partial charge in [0.2, 0.25) is 0 Å². The van der Waals surface area contributed by atoms with Gasteiger partial charge >= 0.3 is 0 Å². The molecule has 35 heavy (non-hydrogen) atoms. The van der Waals surface area contributed by atoms with Gasteiger partial charge in [-0.25, -0.2) is 9.37 Å². The molecule has 1 amide bonds. The zero-order chi connectivity index (χ0) is 24.2. The number of pyridine rings is 2. The van der Waals surface area contributed by atoms with E-state index in [1.807, 2.05) is 0 Å². The second kappa shape index (κ2) is 8.42. The Bertz CT molecular complexity index is 1350. The topological polar surface area (TPSA) is 96.7 Å². The van der Waals surface area contributed by atoms with Crippen molar-refractivity contribution in [3.05, 3.63) is 58.3 Å². The first-order valence-corrected chi connectivity index (χ1v) is 12.1. The third-order valence-corrected chi connectivity index (χ3v) is 7.64. The Labute approximate surface area is 201 Å². The SMILES string of the molecule is O=C(NC12CC(C1)C2)c1c(O)c2cc(-c3ccc(F)cc3)cnc2n(CCN2CCOCC2)c1=O. The van der Waals surface area contributed by atoms with Crippen LogP contribution in [-0.4, -0.2) is 63.9 Å². The summed E-state index contributed by atoms with van der Waals surface area (Å²) in [5.41, 5.74) is 0.649. The Kier molecular flexibility index (Phi) is 5.34. The van der Waals surface area contributed by atoms with Crippen LogP contribution < -0.4 is 10.9 Å². The highest BCUT2D eigenvalue weighted by molar-refractivity contribution is 6.02. The molecule has 3 aliphatic carbocycles. The van der Waals surface area contributed by atoms with E-state index in [-0.39, 0.29) is 22.7 Å². The van der Waals surface area contributed by atoms with Crippen LogP contribution in [0.4, 0.5) is 4.39 Å². The Morgan fingerprint density at radius 2 is 1.86 bits per heavy atom. The summed E-state index contributed by atoms with van der Waals surface area (Å²) in [6.07, 6.45) is 4.37. The molecule has 3 heterocycles. The summed E-state index contributed by atoms with van der Waals surface area (Å²) in [6, 6.07) is 7.66. The summed E-state index contributed by atoms with van der Waals surface area (Å²) in [5, 5.41) is 14.5. The third-order valence-electron chi connectivity index (χ3n) is 7.64. The molecule has 1 saturated heterocycles. The molecule has 0 radical (unpaired) electrons. The first-order valence-electron chi connectivity index (χ1n) is 12.1. The number of carbonyl (C=O) groups excluding carboxylic acids is 1. The zero-order valence-electron chi connectivity index (χ0n) is 19.3. The molecule has 1 aromatic carbocycles. The molecular formula is C26H27FN4O4. The van der Waals surface area contributed by atoms with Gasteiger partial charge in [0.15, 0.2) is 0 Å². The largest absolute Gasteiger partial charge is 0.506 e. The lowest BCUT2D eigenvalue weighted by atomic mass is 9.50. The van der Waals surface area contributed by atoms with Crippen molar-refractivity contribution < 1.29 is 19.0 Å². The van der Waals surface area contributed by atoms with Crippen LogP contribution in [0.5, 0.6) is 5.75 Å². The maximum Gasteiger partial charge on any atom is 0.268 e. The highest BCUT2D eigenvalue weighted by Crippen LogP contribution is 2.57. The van der Waals surface area contributed by atoms with Gasteiger partial charge in [0.05, 0.1) is 18.6 Å². The van der Waals surface area contributed by atoms with E-state index in [9.17, 15) is 19.1 Å². The van der Waals surface area contributed by atoms with Crippen molar-refractivity contribution in [2.75, 3.05) is 32.8 Å². The number of ether oxygens (including phenoxy) is 1. The molecule has 3 aromatic rings. The van der Waals surface area contributed by atoms with Crippen LogP contribution in [0.1, 0.15) is 29.6 Å². The number of nitrogens with zero attached hydrogens (tertiary/aromatic N) is 3. The summed E-state index contributed by atoms with van der Waals surface area (Å²) in [4.78, 5) is 33.5. The maximum atomic E-state index is 13.5. The molecule has 9 heteroatoms. The van der Waals surface area contributed by atoms with Crippen molar-refractivity contribution in [1.29, 1.82) is 0 Å². The van der Waals surface area contributed by atoms with E-state index in [1.54, 1.807) is 24.4 Å². The van der Waals surface area contributed by atoms with Gasteiger partial charge in [0.25, 0.3) is 11.5 Å². The van der Waals surface area contributed by atoms with Crippen molar-refractivity contribution >= 4 is 16.9 Å². The number of amides is 1. The summed E-state index contributed by atoms with van der Waals surface area (Å²) < 4.78 is 20.3. The molecule has 2 aromatic heterocycles. The van der Waals surface area contributed by atoms with Crippen LogP contribution in [0.15, 0.2) is 41.3 Å². The fourth-order valence-corrected chi connectivity index (χ4v) is 5.53. The minimum Gasteiger partial charge on any atom is -0.506 e. The van der Waals surface area contributed by atoms with Crippen molar-refractivity contribution in [2.24, 2.45) is 5.92 Å². The van der Waals surface area contributed by atoms with Crippen molar-refractivity contribution in [3.8, 4) is 16.9 Å². The van der Waals surface area contributed by atoms with E-state index in [0.717, 1.165) is 32.4 Å². The molecule has 0 atom stereocenters. The molecule has 182 valence electrons. The molecule has 4 fully saturated rings. The molecule has 4 aliphatic rings. The lowest BCUT2D eigenvalue weighted by molar-refractivity contribution is -0.0439. The van der Waals surface area contributed by atoms with Crippen LogP contribution in [0.2, 0.25) is 0 Å². The minimum absolute atomic E-state index is 0.234. The highest BCUT2D eigenvalue weighted by atomic mass is 19.1. The van der Waals surface area contributed by atoms with Gasteiger partial charge in [0, 0.05) is 43.5 Å². The molecule has 0 unspecified atom stereocenters. The Morgan fingerprint density at radius 3 is 2.51 bits per heavy atom. The number of morpholine rings is 1. The number of halogens is 1. The second-order valence-electron chi connectivity index (χ2n) is 9.95. The molecular weight excluding hydrogens is 451 g/mol. The van der Waals surface area contributed by atoms with E-state index < -0.39 is 11.5 Å². The van der Waals surface area contributed by atoms with Crippen LogP contribution in [0, 0.1) is 11.7 Å². The number of carbonyl (C=O) groups is 1. The van der Waals surface area contributed by atoms with E-state index in [1.165, 1.54) is 16.7 Å². The first kappa shape index (κ1) is 22.2. The average Bonchev–Trinajstić information content (AvgIpc) is 2.81. The van der Waals surface area contributed by atoms with Crippen molar-refractivity contribution in [1.82, 2.24) is 19.8 Å². The van der Waals surface area contributed by atoms with Crippen LogP contribution in [0.25, 0.3) is 22.2 Å². The van der Waals surface area contributed by atoms with Gasteiger partial charge in [-0.05, 0) is 48.9 Å². The molecule has 3 saturated carbocycles. The highest BCUT2D eigenvalue weighted by Gasteiger charge is 2.57. The standard InChI is InChI=1S/C26H27FN4O4/c27-19-3-1-17(2-4-19)18-11-20-22(32)21(24(33)29-26-12-16(13-26)14-26)25(34)31(23(20)28-15-18)6-5-30-7-9-35-10-8-30/h1-4,11,15-16,32H,5-10,12-14H2,(H,29,33).